The highest BCUT2D eigenvalue weighted by atomic mass is 79.9. The summed E-state index contributed by atoms with van der Waals surface area (Å²) in [7, 11) is -3.75. The van der Waals surface area contributed by atoms with Gasteiger partial charge in [0.05, 0.1) is 6.61 Å². The zero-order valence-corrected chi connectivity index (χ0v) is 14.0. The third-order valence-electron chi connectivity index (χ3n) is 3.39. The van der Waals surface area contributed by atoms with Crippen LogP contribution in [0.4, 0.5) is 0 Å². The van der Waals surface area contributed by atoms with E-state index in [1.54, 1.807) is 0 Å². The molecule has 1 aromatic rings. The molecule has 0 saturated carbocycles. The number of sulfonamides is 1. The number of aromatic nitrogens is 1. The van der Waals surface area contributed by atoms with Gasteiger partial charge in [-0.1, -0.05) is 24.4 Å². The van der Waals surface area contributed by atoms with Gasteiger partial charge < -0.3 is 5.11 Å². The van der Waals surface area contributed by atoms with E-state index in [4.69, 9.17) is 11.6 Å². The molecule has 112 valence electrons. The monoisotopic (exact) mass is 382 g/mol. The fraction of sp³-hybridized carbons (Fsp3) is 0.583. The molecule has 1 atom stereocenters. The number of aliphatic hydroxyl groups is 1. The van der Waals surface area contributed by atoms with Crippen LogP contribution in [0.3, 0.4) is 0 Å². The Kier molecular flexibility index (Phi) is 5.42. The molecule has 0 aromatic carbocycles. The normalized spacial score (nSPS) is 21.6. The predicted octanol–water partition coefficient (Wildman–Crippen LogP) is 2.42. The topological polar surface area (TPSA) is 70.5 Å². The lowest BCUT2D eigenvalue weighted by molar-refractivity contribution is 0.186. The van der Waals surface area contributed by atoms with Crippen LogP contribution in [0.15, 0.2) is 21.6 Å². The van der Waals surface area contributed by atoms with Gasteiger partial charge in [-0.15, -0.1) is 0 Å². The van der Waals surface area contributed by atoms with Crippen molar-refractivity contribution >= 4 is 37.6 Å². The predicted molar refractivity (Wildman–Crippen MR) is 80.2 cm³/mol. The second kappa shape index (κ2) is 6.70. The molecule has 1 saturated heterocycles. The highest BCUT2D eigenvalue weighted by Gasteiger charge is 2.33. The molecule has 1 aliphatic rings. The molecule has 1 aliphatic heterocycles. The minimum Gasteiger partial charge on any atom is -0.395 e. The number of pyridine rings is 1. The number of nitrogens with zero attached hydrogens (tertiary/aromatic N) is 2. The van der Waals surface area contributed by atoms with Crippen LogP contribution in [0.5, 0.6) is 0 Å². The van der Waals surface area contributed by atoms with Crippen molar-refractivity contribution in [1.29, 1.82) is 0 Å². The number of halogens is 2. The molecule has 0 bridgehead atoms. The molecule has 1 fully saturated rings. The summed E-state index contributed by atoms with van der Waals surface area (Å²) < 4.78 is 27.4. The van der Waals surface area contributed by atoms with Gasteiger partial charge in [0, 0.05) is 23.3 Å². The molecule has 2 heterocycles. The molecule has 5 nitrogen and oxygen atoms in total. The van der Waals surface area contributed by atoms with Crippen LogP contribution in [-0.2, 0) is 10.0 Å². The molecule has 1 N–H and O–H groups in total. The van der Waals surface area contributed by atoms with E-state index in [1.807, 2.05) is 0 Å². The number of rotatable bonds is 3. The van der Waals surface area contributed by atoms with Gasteiger partial charge >= 0.3 is 0 Å². The van der Waals surface area contributed by atoms with Gasteiger partial charge in [-0.3, -0.25) is 0 Å². The first-order valence-electron chi connectivity index (χ1n) is 6.40. The summed E-state index contributed by atoms with van der Waals surface area (Å²) in [6.45, 7) is 0.217. The van der Waals surface area contributed by atoms with E-state index in [1.165, 1.54) is 16.6 Å². The molecule has 0 radical (unpaired) electrons. The van der Waals surface area contributed by atoms with Crippen molar-refractivity contribution in [3.63, 3.8) is 0 Å². The van der Waals surface area contributed by atoms with Crippen molar-refractivity contribution in [2.24, 2.45) is 0 Å². The Balaban J connectivity index is 2.44. The SMILES string of the molecule is O=S(=O)(c1cc(Br)cnc1Cl)N1CCCCCC1CO. The van der Waals surface area contributed by atoms with Crippen molar-refractivity contribution < 1.29 is 13.5 Å². The lowest BCUT2D eigenvalue weighted by atomic mass is 10.1. The van der Waals surface area contributed by atoms with E-state index < -0.39 is 16.1 Å². The molecule has 1 unspecified atom stereocenters. The standard InChI is InChI=1S/C12H16BrClN2O3S/c13-9-6-11(12(14)15-7-9)20(18,19)16-5-3-1-2-4-10(16)8-17/h6-7,10,17H,1-5,8H2. The zero-order valence-electron chi connectivity index (χ0n) is 10.8. The quantitative estimate of drug-likeness (QED) is 0.814. The zero-order chi connectivity index (χ0) is 14.8. The maximum atomic E-state index is 12.8. The van der Waals surface area contributed by atoms with E-state index in [0.29, 0.717) is 17.4 Å². The van der Waals surface area contributed by atoms with E-state index >= 15 is 0 Å². The summed E-state index contributed by atoms with van der Waals surface area (Å²) in [4.78, 5) is 3.84. The minimum absolute atomic E-state index is 0.0195. The first kappa shape index (κ1) is 16.2. The molecule has 0 amide bonds. The smallest absolute Gasteiger partial charge is 0.246 e. The Morgan fingerprint density at radius 2 is 2.20 bits per heavy atom. The maximum absolute atomic E-state index is 12.8. The molecule has 8 heteroatoms. The van der Waals surface area contributed by atoms with Gasteiger partial charge in [0.15, 0.2) is 0 Å². The first-order valence-corrected chi connectivity index (χ1v) is 9.01. The lowest BCUT2D eigenvalue weighted by Crippen LogP contribution is -2.42. The van der Waals surface area contributed by atoms with Crippen LogP contribution >= 0.6 is 27.5 Å². The average Bonchev–Trinajstić information content (AvgIpc) is 2.66. The second-order valence-corrected chi connectivity index (χ2v) is 7.88. The number of aliphatic hydroxyl groups excluding tert-OH is 1. The van der Waals surface area contributed by atoms with Crippen molar-refractivity contribution in [1.82, 2.24) is 9.29 Å². The fourth-order valence-electron chi connectivity index (χ4n) is 2.36. The minimum atomic E-state index is -3.75. The van der Waals surface area contributed by atoms with Crippen LogP contribution in [0, 0.1) is 0 Å². The van der Waals surface area contributed by atoms with Crippen molar-refractivity contribution in [2.45, 2.75) is 36.6 Å². The molecular weight excluding hydrogens is 368 g/mol. The maximum Gasteiger partial charge on any atom is 0.246 e. The van der Waals surface area contributed by atoms with Gasteiger partial charge in [-0.2, -0.15) is 4.31 Å². The summed E-state index contributed by atoms with van der Waals surface area (Å²) in [5.41, 5.74) is 0. The highest BCUT2D eigenvalue weighted by Crippen LogP contribution is 2.29. The van der Waals surface area contributed by atoms with Crippen LogP contribution in [0.2, 0.25) is 5.15 Å². The highest BCUT2D eigenvalue weighted by molar-refractivity contribution is 9.10. The summed E-state index contributed by atoms with van der Waals surface area (Å²) in [5.74, 6) is 0. The Labute approximate surface area is 132 Å². The van der Waals surface area contributed by atoms with Crippen LogP contribution < -0.4 is 0 Å². The Bertz CT molecular complexity index is 582. The molecule has 20 heavy (non-hydrogen) atoms. The third-order valence-corrected chi connectivity index (χ3v) is 6.21. The van der Waals surface area contributed by atoms with Crippen molar-refractivity contribution in [3.05, 3.63) is 21.9 Å². The molecule has 0 spiro atoms. The van der Waals surface area contributed by atoms with Gasteiger partial charge in [0.2, 0.25) is 10.0 Å². The second-order valence-electron chi connectivity index (χ2n) is 4.74. The van der Waals surface area contributed by atoms with Crippen LogP contribution in [-0.4, -0.2) is 42.0 Å². The van der Waals surface area contributed by atoms with E-state index in [9.17, 15) is 13.5 Å². The van der Waals surface area contributed by atoms with Gasteiger partial charge in [0.25, 0.3) is 0 Å². The van der Waals surface area contributed by atoms with E-state index in [2.05, 4.69) is 20.9 Å². The summed E-state index contributed by atoms with van der Waals surface area (Å²) in [6.07, 6.45) is 4.78. The summed E-state index contributed by atoms with van der Waals surface area (Å²) in [5, 5.41) is 9.41. The molecule has 2 rings (SSSR count). The Morgan fingerprint density at radius 1 is 1.45 bits per heavy atom. The Hall–Kier alpha value is -0.210. The van der Waals surface area contributed by atoms with Crippen LogP contribution in [0.1, 0.15) is 25.7 Å². The lowest BCUT2D eigenvalue weighted by Gasteiger charge is -2.27. The van der Waals surface area contributed by atoms with Crippen LogP contribution in [0.25, 0.3) is 0 Å². The van der Waals surface area contributed by atoms with Gasteiger partial charge in [-0.05, 0) is 34.8 Å². The molecular formula is C12H16BrClN2O3S. The molecule has 1 aromatic heterocycles. The average molecular weight is 384 g/mol. The number of hydrogen-bond donors (Lipinski definition) is 1. The largest absolute Gasteiger partial charge is 0.395 e. The summed E-state index contributed by atoms with van der Waals surface area (Å²) in [6, 6.07) is 1.06. The van der Waals surface area contributed by atoms with Crippen molar-refractivity contribution in [3.8, 4) is 0 Å². The van der Waals surface area contributed by atoms with E-state index in [0.717, 1.165) is 19.3 Å². The third kappa shape index (κ3) is 3.33. The van der Waals surface area contributed by atoms with Gasteiger partial charge in [-0.25, -0.2) is 13.4 Å². The van der Waals surface area contributed by atoms with E-state index in [-0.39, 0.29) is 16.7 Å². The number of hydrogen-bond acceptors (Lipinski definition) is 4. The first-order chi connectivity index (χ1) is 9.46. The fourth-order valence-corrected chi connectivity index (χ4v) is 4.97. The molecule has 0 aliphatic carbocycles. The summed E-state index contributed by atoms with van der Waals surface area (Å²) >= 11 is 9.14. The Morgan fingerprint density at radius 3 is 2.90 bits per heavy atom. The van der Waals surface area contributed by atoms with Gasteiger partial charge in [0.1, 0.15) is 10.0 Å². The van der Waals surface area contributed by atoms with Crippen molar-refractivity contribution in [2.75, 3.05) is 13.2 Å².